The zero-order valence-corrected chi connectivity index (χ0v) is 8.88. The number of alkyl halides is 1. The summed E-state index contributed by atoms with van der Waals surface area (Å²) in [6.45, 7) is 1.76. The van der Waals surface area contributed by atoms with Crippen molar-refractivity contribution >= 4 is 11.6 Å². The third-order valence-corrected chi connectivity index (χ3v) is 2.51. The average molecular weight is 226 g/mol. The number of nitrogens with zero attached hydrogens (tertiary/aromatic N) is 1. The van der Waals surface area contributed by atoms with Crippen molar-refractivity contribution in [3.05, 3.63) is 41.4 Å². The van der Waals surface area contributed by atoms with E-state index >= 15 is 0 Å². The molecule has 2 aromatic rings. The lowest BCUT2D eigenvalue weighted by molar-refractivity contribution is 0.398. The van der Waals surface area contributed by atoms with Gasteiger partial charge < -0.3 is 4.52 Å². The standard InChI is InChI=1S/C11H9ClFNO/c1-7-9(6-12)11(14-15-7)8-4-2-3-5-10(8)13/h2-5H,6H2,1H3. The van der Waals surface area contributed by atoms with E-state index in [2.05, 4.69) is 5.16 Å². The van der Waals surface area contributed by atoms with E-state index in [4.69, 9.17) is 16.1 Å². The van der Waals surface area contributed by atoms with Crippen molar-refractivity contribution in [2.24, 2.45) is 0 Å². The molecular weight excluding hydrogens is 217 g/mol. The monoisotopic (exact) mass is 225 g/mol. The minimum atomic E-state index is -0.322. The molecule has 0 fully saturated rings. The molecule has 0 spiro atoms. The molecule has 1 aromatic carbocycles. The van der Waals surface area contributed by atoms with Crippen LogP contribution in [0, 0.1) is 12.7 Å². The summed E-state index contributed by atoms with van der Waals surface area (Å²) in [7, 11) is 0. The van der Waals surface area contributed by atoms with E-state index in [1.807, 2.05) is 0 Å². The van der Waals surface area contributed by atoms with Crippen LogP contribution in [0.1, 0.15) is 11.3 Å². The number of benzene rings is 1. The lowest BCUT2D eigenvalue weighted by atomic mass is 10.1. The van der Waals surface area contributed by atoms with E-state index in [1.54, 1.807) is 25.1 Å². The Morgan fingerprint density at radius 1 is 1.40 bits per heavy atom. The van der Waals surface area contributed by atoms with Crippen LogP contribution in [0.25, 0.3) is 11.3 Å². The Hall–Kier alpha value is -1.35. The molecule has 4 heteroatoms. The van der Waals surface area contributed by atoms with E-state index in [0.717, 1.165) is 5.56 Å². The maximum absolute atomic E-state index is 13.5. The van der Waals surface area contributed by atoms with Crippen LogP contribution in [-0.2, 0) is 5.88 Å². The first-order chi connectivity index (χ1) is 7.24. The quantitative estimate of drug-likeness (QED) is 0.731. The van der Waals surface area contributed by atoms with Gasteiger partial charge in [0.1, 0.15) is 17.3 Å². The molecule has 2 nitrogen and oxygen atoms in total. The van der Waals surface area contributed by atoms with E-state index in [1.165, 1.54) is 6.07 Å². The van der Waals surface area contributed by atoms with Gasteiger partial charge >= 0.3 is 0 Å². The van der Waals surface area contributed by atoms with E-state index < -0.39 is 0 Å². The third-order valence-electron chi connectivity index (χ3n) is 2.25. The Balaban J connectivity index is 2.59. The summed E-state index contributed by atoms with van der Waals surface area (Å²) < 4.78 is 18.5. The highest BCUT2D eigenvalue weighted by atomic mass is 35.5. The summed E-state index contributed by atoms with van der Waals surface area (Å²) in [5.74, 6) is 0.569. The molecule has 78 valence electrons. The summed E-state index contributed by atoms with van der Waals surface area (Å²) in [6, 6.07) is 6.42. The van der Waals surface area contributed by atoms with Gasteiger partial charge in [-0.15, -0.1) is 11.6 Å². The molecule has 2 rings (SSSR count). The summed E-state index contributed by atoms with van der Waals surface area (Å²) in [4.78, 5) is 0. The fourth-order valence-corrected chi connectivity index (χ4v) is 1.73. The Bertz CT molecular complexity index is 481. The number of hydrogen-bond acceptors (Lipinski definition) is 2. The van der Waals surface area contributed by atoms with Gasteiger partial charge in [0, 0.05) is 11.1 Å². The molecule has 1 heterocycles. The minimum absolute atomic E-state index is 0.263. The maximum atomic E-state index is 13.5. The molecular formula is C11H9ClFNO. The van der Waals surface area contributed by atoms with Gasteiger partial charge in [0.25, 0.3) is 0 Å². The maximum Gasteiger partial charge on any atom is 0.138 e. The van der Waals surface area contributed by atoms with Crippen LogP contribution in [0.2, 0.25) is 0 Å². The normalized spacial score (nSPS) is 10.6. The predicted octanol–water partition coefficient (Wildman–Crippen LogP) is 3.53. The lowest BCUT2D eigenvalue weighted by Gasteiger charge is -1.99. The highest BCUT2D eigenvalue weighted by molar-refractivity contribution is 6.17. The van der Waals surface area contributed by atoms with Crippen LogP contribution in [-0.4, -0.2) is 5.16 Å². The Kier molecular flexibility index (Phi) is 2.73. The van der Waals surface area contributed by atoms with Crippen molar-refractivity contribution in [1.82, 2.24) is 5.16 Å². The summed E-state index contributed by atoms with van der Waals surface area (Å²) in [5.41, 5.74) is 1.65. The number of hydrogen-bond donors (Lipinski definition) is 0. The molecule has 0 amide bonds. The zero-order valence-electron chi connectivity index (χ0n) is 8.13. The van der Waals surface area contributed by atoms with Crippen LogP contribution >= 0.6 is 11.6 Å². The molecule has 0 unspecified atom stereocenters. The van der Waals surface area contributed by atoms with Crippen LogP contribution < -0.4 is 0 Å². The molecule has 0 atom stereocenters. The largest absolute Gasteiger partial charge is 0.361 e. The molecule has 0 aliphatic heterocycles. The van der Waals surface area contributed by atoms with Crippen LogP contribution in [0.15, 0.2) is 28.8 Å². The third kappa shape index (κ3) is 1.75. The van der Waals surface area contributed by atoms with Crippen LogP contribution in [0.4, 0.5) is 4.39 Å². The second kappa shape index (κ2) is 4.03. The van der Waals surface area contributed by atoms with E-state index in [-0.39, 0.29) is 11.7 Å². The van der Waals surface area contributed by atoms with Gasteiger partial charge in [0.15, 0.2) is 0 Å². The summed E-state index contributed by atoms with van der Waals surface area (Å²) >= 11 is 5.76. The fourth-order valence-electron chi connectivity index (χ4n) is 1.41. The Labute approximate surface area is 91.7 Å². The SMILES string of the molecule is Cc1onc(-c2ccccc2F)c1CCl. The first kappa shape index (κ1) is 10.2. The highest BCUT2D eigenvalue weighted by Crippen LogP contribution is 2.28. The van der Waals surface area contributed by atoms with Crippen molar-refractivity contribution in [3.8, 4) is 11.3 Å². The lowest BCUT2D eigenvalue weighted by Crippen LogP contribution is -1.88. The molecule has 0 N–H and O–H groups in total. The molecule has 0 aliphatic rings. The van der Waals surface area contributed by atoms with Gasteiger partial charge in [-0.25, -0.2) is 4.39 Å². The highest BCUT2D eigenvalue weighted by Gasteiger charge is 2.16. The fraction of sp³-hybridized carbons (Fsp3) is 0.182. The van der Waals surface area contributed by atoms with E-state index in [0.29, 0.717) is 17.0 Å². The second-order valence-electron chi connectivity index (χ2n) is 3.18. The van der Waals surface area contributed by atoms with Crippen molar-refractivity contribution < 1.29 is 8.91 Å². The average Bonchev–Trinajstić information content (AvgIpc) is 2.60. The van der Waals surface area contributed by atoms with E-state index in [9.17, 15) is 4.39 Å². The molecule has 0 bridgehead atoms. The molecule has 0 aliphatic carbocycles. The molecule has 0 radical (unpaired) electrons. The molecule has 0 saturated heterocycles. The first-order valence-electron chi connectivity index (χ1n) is 4.50. The molecule has 1 aromatic heterocycles. The van der Waals surface area contributed by atoms with Crippen LogP contribution in [0.5, 0.6) is 0 Å². The van der Waals surface area contributed by atoms with Gasteiger partial charge in [0.05, 0.1) is 5.88 Å². The van der Waals surface area contributed by atoms with Crippen molar-refractivity contribution in [2.45, 2.75) is 12.8 Å². The number of halogens is 2. The smallest absolute Gasteiger partial charge is 0.138 e. The van der Waals surface area contributed by atoms with Gasteiger partial charge in [-0.3, -0.25) is 0 Å². The van der Waals surface area contributed by atoms with Gasteiger partial charge in [-0.1, -0.05) is 17.3 Å². The van der Waals surface area contributed by atoms with Crippen molar-refractivity contribution in [1.29, 1.82) is 0 Å². The summed E-state index contributed by atoms with van der Waals surface area (Å²) in [5, 5.41) is 3.82. The predicted molar refractivity (Wildman–Crippen MR) is 56.2 cm³/mol. The van der Waals surface area contributed by atoms with Crippen molar-refractivity contribution in [3.63, 3.8) is 0 Å². The number of rotatable bonds is 2. The molecule has 0 saturated carbocycles. The first-order valence-corrected chi connectivity index (χ1v) is 5.03. The topological polar surface area (TPSA) is 26.0 Å². The molecule has 15 heavy (non-hydrogen) atoms. The Morgan fingerprint density at radius 2 is 2.13 bits per heavy atom. The van der Waals surface area contributed by atoms with Gasteiger partial charge in [0.2, 0.25) is 0 Å². The zero-order chi connectivity index (χ0) is 10.8. The van der Waals surface area contributed by atoms with Gasteiger partial charge in [-0.2, -0.15) is 0 Å². The van der Waals surface area contributed by atoms with Crippen molar-refractivity contribution in [2.75, 3.05) is 0 Å². The number of aryl methyl sites for hydroxylation is 1. The summed E-state index contributed by atoms with van der Waals surface area (Å²) in [6.07, 6.45) is 0. The Morgan fingerprint density at radius 3 is 2.80 bits per heavy atom. The van der Waals surface area contributed by atoms with Gasteiger partial charge in [-0.05, 0) is 19.1 Å². The second-order valence-corrected chi connectivity index (χ2v) is 3.45. The minimum Gasteiger partial charge on any atom is -0.361 e. The van der Waals surface area contributed by atoms with Crippen LogP contribution in [0.3, 0.4) is 0 Å². The number of aromatic nitrogens is 1.